The molecule has 4 rings (SSSR count). The maximum absolute atomic E-state index is 12.4. The van der Waals surface area contributed by atoms with Gasteiger partial charge in [-0.15, -0.1) is 0 Å². The van der Waals surface area contributed by atoms with Gasteiger partial charge in [0.05, 0.1) is 0 Å². The van der Waals surface area contributed by atoms with Crippen LogP contribution in [0.4, 0.5) is 0 Å². The Morgan fingerprint density at radius 2 is 1.96 bits per heavy atom. The SMILES string of the molecule is O=C(NCCc1cccnc1)c1cc2c(ccc3ccccc32)[nH]1. The van der Waals surface area contributed by atoms with E-state index in [0.29, 0.717) is 12.2 Å². The summed E-state index contributed by atoms with van der Waals surface area (Å²) < 4.78 is 0. The number of pyridine rings is 1. The largest absolute Gasteiger partial charge is 0.351 e. The van der Waals surface area contributed by atoms with Gasteiger partial charge in [0.2, 0.25) is 0 Å². The fourth-order valence-electron chi connectivity index (χ4n) is 2.97. The maximum atomic E-state index is 12.4. The lowest BCUT2D eigenvalue weighted by molar-refractivity contribution is 0.0950. The molecule has 0 spiro atoms. The van der Waals surface area contributed by atoms with E-state index in [-0.39, 0.29) is 5.91 Å². The minimum absolute atomic E-state index is 0.0841. The first-order valence-corrected chi connectivity index (χ1v) is 7.99. The number of amides is 1. The molecular formula is C20H17N3O. The zero-order valence-corrected chi connectivity index (χ0v) is 13.1. The molecule has 0 saturated carbocycles. The van der Waals surface area contributed by atoms with Crippen molar-refractivity contribution in [2.45, 2.75) is 6.42 Å². The Balaban J connectivity index is 1.53. The van der Waals surface area contributed by atoms with Gasteiger partial charge in [0.15, 0.2) is 0 Å². The molecule has 0 fully saturated rings. The predicted octanol–water partition coefficient (Wildman–Crippen LogP) is 3.69. The topological polar surface area (TPSA) is 57.8 Å². The Hall–Kier alpha value is -3.14. The lowest BCUT2D eigenvalue weighted by Crippen LogP contribution is -2.25. The van der Waals surface area contributed by atoms with Crippen molar-refractivity contribution < 1.29 is 4.79 Å². The molecule has 0 aliphatic carbocycles. The van der Waals surface area contributed by atoms with E-state index in [1.54, 1.807) is 6.20 Å². The van der Waals surface area contributed by atoms with Gasteiger partial charge in [-0.3, -0.25) is 9.78 Å². The molecule has 0 atom stereocenters. The Morgan fingerprint density at radius 3 is 2.83 bits per heavy atom. The van der Waals surface area contributed by atoms with Gasteiger partial charge in [-0.05, 0) is 41.0 Å². The smallest absolute Gasteiger partial charge is 0.267 e. The molecule has 4 nitrogen and oxygen atoms in total. The average Bonchev–Trinajstić information content (AvgIpc) is 3.07. The molecule has 2 aromatic carbocycles. The Kier molecular flexibility index (Phi) is 3.71. The summed E-state index contributed by atoms with van der Waals surface area (Å²) in [4.78, 5) is 19.7. The molecule has 118 valence electrons. The molecule has 4 heteroatoms. The van der Waals surface area contributed by atoms with Crippen LogP contribution in [0, 0.1) is 0 Å². The molecule has 2 aromatic heterocycles. The number of nitrogens with one attached hydrogen (secondary N) is 2. The highest BCUT2D eigenvalue weighted by atomic mass is 16.1. The predicted molar refractivity (Wildman–Crippen MR) is 96.1 cm³/mol. The standard InChI is InChI=1S/C20H17N3O/c24-20(22-11-9-14-4-3-10-21-13-14)19-12-17-16-6-2-1-5-15(16)7-8-18(17)23-19/h1-8,10,12-13,23H,9,11H2,(H,22,24). The highest BCUT2D eigenvalue weighted by Gasteiger charge is 2.10. The second-order valence-corrected chi connectivity index (χ2v) is 5.80. The monoisotopic (exact) mass is 315 g/mol. The van der Waals surface area contributed by atoms with Gasteiger partial charge in [0.1, 0.15) is 5.69 Å². The van der Waals surface area contributed by atoms with E-state index in [2.05, 4.69) is 33.5 Å². The first-order chi connectivity index (χ1) is 11.8. The highest BCUT2D eigenvalue weighted by molar-refractivity contribution is 6.09. The highest BCUT2D eigenvalue weighted by Crippen LogP contribution is 2.25. The Bertz CT molecular complexity index is 1010. The molecule has 0 aliphatic rings. The third-order valence-corrected chi connectivity index (χ3v) is 4.20. The summed E-state index contributed by atoms with van der Waals surface area (Å²) in [6, 6.07) is 18.1. The van der Waals surface area contributed by atoms with Crippen LogP contribution in [0.1, 0.15) is 16.1 Å². The van der Waals surface area contributed by atoms with E-state index in [9.17, 15) is 4.79 Å². The number of hydrogen-bond acceptors (Lipinski definition) is 2. The summed E-state index contributed by atoms with van der Waals surface area (Å²) in [5.41, 5.74) is 2.68. The third-order valence-electron chi connectivity index (χ3n) is 4.20. The average molecular weight is 315 g/mol. The van der Waals surface area contributed by atoms with E-state index >= 15 is 0 Å². The quantitative estimate of drug-likeness (QED) is 0.603. The number of aromatic nitrogens is 2. The molecule has 2 heterocycles. The minimum atomic E-state index is -0.0841. The summed E-state index contributed by atoms with van der Waals surface area (Å²) >= 11 is 0. The van der Waals surface area contributed by atoms with Crippen LogP contribution in [-0.2, 0) is 6.42 Å². The van der Waals surface area contributed by atoms with Gasteiger partial charge in [-0.25, -0.2) is 0 Å². The molecule has 2 N–H and O–H groups in total. The molecule has 0 aliphatic heterocycles. The summed E-state index contributed by atoms with van der Waals surface area (Å²) in [5, 5.41) is 6.36. The van der Waals surface area contributed by atoms with Crippen LogP contribution >= 0.6 is 0 Å². The van der Waals surface area contributed by atoms with Crippen molar-refractivity contribution in [2.24, 2.45) is 0 Å². The van der Waals surface area contributed by atoms with Gasteiger partial charge >= 0.3 is 0 Å². The van der Waals surface area contributed by atoms with Crippen LogP contribution in [0.15, 0.2) is 67.0 Å². The van der Waals surface area contributed by atoms with Crippen molar-refractivity contribution in [3.05, 3.63) is 78.2 Å². The van der Waals surface area contributed by atoms with Crippen molar-refractivity contribution in [1.82, 2.24) is 15.3 Å². The van der Waals surface area contributed by atoms with E-state index in [1.165, 1.54) is 5.39 Å². The zero-order valence-electron chi connectivity index (χ0n) is 13.1. The number of benzene rings is 2. The van der Waals surface area contributed by atoms with Gasteiger partial charge in [-0.2, -0.15) is 0 Å². The van der Waals surface area contributed by atoms with Gasteiger partial charge in [0, 0.05) is 29.8 Å². The van der Waals surface area contributed by atoms with Crippen LogP contribution in [-0.4, -0.2) is 22.4 Å². The molecule has 0 saturated heterocycles. The Morgan fingerprint density at radius 1 is 1.04 bits per heavy atom. The fraction of sp³-hybridized carbons (Fsp3) is 0.100. The van der Waals surface area contributed by atoms with Gasteiger partial charge in [0.25, 0.3) is 5.91 Å². The van der Waals surface area contributed by atoms with Crippen LogP contribution in [0.25, 0.3) is 21.7 Å². The maximum Gasteiger partial charge on any atom is 0.267 e. The molecule has 0 unspecified atom stereocenters. The van der Waals surface area contributed by atoms with Gasteiger partial charge in [-0.1, -0.05) is 36.4 Å². The molecule has 0 radical (unpaired) electrons. The summed E-state index contributed by atoms with van der Waals surface area (Å²) in [6.07, 6.45) is 4.33. The van der Waals surface area contributed by atoms with E-state index in [4.69, 9.17) is 0 Å². The first-order valence-electron chi connectivity index (χ1n) is 7.99. The molecular weight excluding hydrogens is 298 g/mol. The van der Waals surface area contributed by atoms with Crippen LogP contribution < -0.4 is 5.32 Å². The number of fused-ring (bicyclic) bond motifs is 3. The second-order valence-electron chi connectivity index (χ2n) is 5.80. The lowest BCUT2D eigenvalue weighted by atomic mass is 10.1. The second kappa shape index (κ2) is 6.16. The zero-order chi connectivity index (χ0) is 16.4. The van der Waals surface area contributed by atoms with E-state index in [0.717, 1.165) is 28.3 Å². The van der Waals surface area contributed by atoms with Crippen LogP contribution in [0.2, 0.25) is 0 Å². The lowest BCUT2D eigenvalue weighted by Gasteiger charge is -2.03. The summed E-state index contributed by atoms with van der Waals surface area (Å²) in [5.74, 6) is -0.0841. The molecule has 1 amide bonds. The van der Waals surface area contributed by atoms with Crippen molar-refractivity contribution in [3.8, 4) is 0 Å². The van der Waals surface area contributed by atoms with Crippen LogP contribution in [0.5, 0.6) is 0 Å². The number of H-pyrrole nitrogens is 1. The van der Waals surface area contributed by atoms with E-state index < -0.39 is 0 Å². The number of carbonyl (C=O) groups is 1. The first kappa shape index (κ1) is 14.5. The van der Waals surface area contributed by atoms with Crippen molar-refractivity contribution in [3.63, 3.8) is 0 Å². The van der Waals surface area contributed by atoms with Crippen molar-refractivity contribution >= 4 is 27.6 Å². The fourth-order valence-corrected chi connectivity index (χ4v) is 2.97. The number of nitrogens with zero attached hydrogens (tertiary/aromatic N) is 1. The van der Waals surface area contributed by atoms with Crippen LogP contribution in [0.3, 0.4) is 0 Å². The molecule has 4 aromatic rings. The normalized spacial score (nSPS) is 11.0. The summed E-state index contributed by atoms with van der Waals surface area (Å²) in [6.45, 7) is 0.584. The summed E-state index contributed by atoms with van der Waals surface area (Å²) in [7, 11) is 0. The Labute approximate surface area is 139 Å². The number of hydrogen-bond donors (Lipinski definition) is 2. The number of carbonyl (C=O) groups excluding carboxylic acids is 1. The van der Waals surface area contributed by atoms with Crippen molar-refractivity contribution in [2.75, 3.05) is 6.54 Å². The third kappa shape index (κ3) is 2.74. The number of rotatable bonds is 4. The van der Waals surface area contributed by atoms with Crippen molar-refractivity contribution in [1.29, 1.82) is 0 Å². The van der Waals surface area contributed by atoms with Gasteiger partial charge < -0.3 is 10.3 Å². The minimum Gasteiger partial charge on any atom is -0.351 e. The molecule has 24 heavy (non-hydrogen) atoms. The number of aromatic amines is 1. The molecule has 0 bridgehead atoms. The van der Waals surface area contributed by atoms with E-state index in [1.807, 2.05) is 42.6 Å².